The fraction of sp³-hybridized carbons (Fsp3) is 0.750. The minimum absolute atomic E-state index is 0.0909. The highest BCUT2D eigenvalue weighted by molar-refractivity contribution is 5.98. The second kappa shape index (κ2) is 16.6. The molecule has 222 valence electrons. The zero-order chi connectivity index (χ0) is 28.9. The van der Waals surface area contributed by atoms with Crippen molar-refractivity contribution in [2.24, 2.45) is 17.8 Å². The van der Waals surface area contributed by atoms with Gasteiger partial charge in [0.05, 0.1) is 26.4 Å². The Morgan fingerprint density at radius 2 is 1.74 bits per heavy atom. The Kier molecular flexibility index (Phi) is 13.9. The number of pyridine rings is 1. The number of cyclic esters (lactones) is 1. The highest BCUT2D eigenvalue weighted by Crippen LogP contribution is 2.28. The lowest BCUT2D eigenvalue weighted by Gasteiger charge is -2.33. The van der Waals surface area contributed by atoms with Crippen LogP contribution in [-0.2, 0) is 28.5 Å². The number of amides is 1. The van der Waals surface area contributed by atoms with Crippen molar-refractivity contribution < 1.29 is 43.1 Å². The predicted molar refractivity (Wildman–Crippen MR) is 144 cm³/mol. The van der Waals surface area contributed by atoms with Crippen molar-refractivity contribution in [3.63, 3.8) is 0 Å². The Labute approximate surface area is 231 Å². The molecule has 0 spiro atoms. The average Bonchev–Trinajstić information content (AvgIpc) is 2.91. The van der Waals surface area contributed by atoms with Crippen LogP contribution >= 0.6 is 0 Å². The summed E-state index contributed by atoms with van der Waals surface area (Å²) in [6.45, 7) is 15.6. The number of carbonyl (C=O) groups excluding carboxylic acids is 2. The van der Waals surface area contributed by atoms with Gasteiger partial charge in [-0.05, 0) is 24.7 Å². The molecule has 11 nitrogen and oxygen atoms in total. The van der Waals surface area contributed by atoms with Crippen LogP contribution in [0.1, 0.15) is 59.0 Å². The molecule has 1 aromatic heterocycles. The van der Waals surface area contributed by atoms with Crippen molar-refractivity contribution in [3.05, 3.63) is 18.0 Å². The monoisotopic (exact) mass is 554 g/mol. The van der Waals surface area contributed by atoms with Crippen LogP contribution in [0.3, 0.4) is 0 Å². The van der Waals surface area contributed by atoms with Crippen molar-refractivity contribution in [2.45, 2.75) is 72.8 Å². The van der Waals surface area contributed by atoms with Gasteiger partial charge in [0.1, 0.15) is 12.2 Å². The van der Waals surface area contributed by atoms with E-state index in [1.807, 2.05) is 41.5 Å². The molecular formula is C28H46N2O9. The molecule has 1 saturated heterocycles. The molecule has 0 aliphatic carbocycles. The summed E-state index contributed by atoms with van der Waals surface area (Å²) in [4.78, 5) is 30.3. The SMILES string of the molecule is CCOc1ccnc(C(=O)N[C@H]2COC[C@H](OCC(C)C)[C@@H](OCC(C)C)[C@@H](COCC(C)C)OC2=O)c1O. The van der Waals surface area contributed by atoms with Gasteiger partial charge in [-0.15, -0.1) is 0 Å². The van der Waals surface area contributed by atoms with Gasteiger partial charge in [0.15, 0.2) is 29.3 Å². The molecule has 0 radical (unpaired) electrons. The molecule has 1 aliphatic heterocycles. The largest absolute Gasteiger partial charge is 0.503 e. The fourth-order valence-electron chi connectivity index (χ4n) is 3.73. The maximum atomic E-state index is 13.3. The maximum absolute atomic E-state index is 13.3. The van der Waals surface area contributed by atoms with Crippen molar-refractivity contribution in [1.29, 1.82) is 0 Å². The van der Waals surface area contributed by atoms with Crippen molar-refractivity contribution >= 4 is 11.9 Å². The lowest BCUT2D eigenvalue weighted by Crippen LogP contribution is -2.50. The second-order valence-electron chi connectivity index (χ2n) is 10.9. The number of aromatic nitrogens is 1. The van der Waals surface area contributed by atoms with Crippen LogP contribution in [0.2, 0.25) is 0 Å². The lowest BCUT2D eigenvalue weighted by atomic mass is 10.1. The van der Waals surface area contributed by atoms with E-state index in [2.05, 4.69) is 10.3 Å². The van der Waals surface area contributed by atoms with Crippen molar-refractivity contribution in [2.75, 3.05) is 46.2 Å². The summed E-state index contributed by atoms with van der Waals surface area (Å²) in [7, 11) is 0. The van der Waals surface area contributed by atoms with Crippen LogP contribution in [0.15, 0.2) is 12.3 Å². The summed E-state index contributed by atoms with van der Waals surface area (Å²) in [6.07, 6.45) is -0.645. The van der Waals surface area contributed by atoms with E-state index in [9.17, 15) is 14.7 Å². The number of carbonyl (C=O) groups is 2. The zero-order valence-corrected chi connectivity index (χ0v) is 24.3. The molecule has 0 unspecified atom stereocenters. The highest BCUT2D eigenvalue weighted by Gasteiger charge is 2.39. The minimum atomic E-state index is -1.17. The molecule has 1 amide bonds. The van der Waals surface area contributed by atoms with E-state index in [0.717, 1.165) is 0 Å². The summed E-state index contributed by atoms with van der Waals surface area (Å²) >= 11 is 0. The Balaban J connectivity index is 2.30. The third-order valence-electron chi connectivity index (χ3n) is 5.56. The smallest absolute Gasteiger partial charge is 0.331 e. The van der Waals surface area contributed by atoms with Gasteiger partial charge in [-0.2, -0.15) is 0 Å². The number of hydrogen-bond acceptors (Lipinski definition) is 10. The Morgan fingerprint density at radius 1 is 1.08 bits per heavy atom. The van der Waals surface area contributed by atoms with Crippen LogP contribution in [-0.4, -0.2) is 92.6 Å². The quantitative estimate of drug-likeness (QED) is 0.331. The third kappa shape index (κ3) is 10.9. The van der Waals surface area contributed by atoms with E-state index in [1.165, 1.54) is 12.3 Å². The normalized spacial score (nSPS) is 22.4. The van der Waals surface area contributed by atoms with E-state index in [4.69, 9.17) is 28.4 Å². The third-order valence-corrected chi connectivity index (χ3v) is 5.56. The molecule has 11 heteroatoms. The number of hydrogen-bond donors (Lipinski definition) is 2. The van der Waals surface area contributed by atoms with Gasteiger partial charge in [-0.25, -0.2) is 9.78 Å². The molecule has 0 saturated carbocycles. The number of aromatic hydroxyl groups is 1. The number of nitrogens with one attached hydrogen (secondary N) is 1. The molecule has 2 rings (SSSR count). The lowest BCUT2D eigenvalue weighted by molar-refractivity contribution is -0.181. The first-order chi connectivity index (χ1) is 18.5. The average molecular weight is 555 g/mol. The van der Waals surface area contributed by atoms with Crippen molar-refractivity contribution in [1.82, 2.24) is 10.3 Å². The van der Waals surface area contributed by atoms with E-state index < -0.39 is 42.0 Å². The van der Waals surface area contributed by atoms with Gasteiger partial charge in [-0.3, -0.25) is 4.79 Å². The molecule has 2 heterocycles. The van der Waals surface area contributed by atoms with Gasteiger partial charge in [0.2, 0.25) is 0 Å². The van der Waals surface area contributed by atoms with E-state index in [0.29, 0.717) is 26.4 Å². The first-order valence-electron chi connectivity index (χ1n) is 13.7. The minimum Gasteiger partial charge on any atom is -0.503 e. The Bertz CT molecular complexity index is 894. The number of ether oxygens (including phenoxy) is 6. The molecule has 1 aliphatic rings. The predicted octanol–water partition coefficient (Wildman–Crippen LogP) is 2.98. The molecular weight excluding hydrogens is 508 g/mol. The number of rotatable bonds is 14. The molecule has 4 atom stereocenters. The molecule has 0 aromatic carbocycles. The molecule has 1 fully saturated rings. The van der Waals surface area contributed by atoms with Crippen LogP contribution < -0.4 is 10.1 Å². The van der Waals surface area contributed by atoms with Gasteiger partial charge in [-0.1, -0.05) is 41.5 Å². The second-order valence-corrected chi connectivity index (χ2v) is 10.9. The van der Waals surface area contributed by atoms with Crippen LogP contribution in [0.4, 0.5) is 0 Å². The van der Waals surface area contributed by atoms with Gasteiger partial charge >= 0.3 is 5.97 Å². The molecule has 1 aromatic rings. The van der Waals surface area contributed by atoms with Crippen LogP contribution in [0, 0.1) is 17.8 Å². The van der Waals surface area contributed by atoms with Gasteiger partial charge in [0.25, 0.3) is 5.91 Å². The molecule has 0 bridgehead atoms. The number of esters is 1. The summed E-state index contributed by atoms with van der Waals surface area (Å²) in [5, 5.41) is 13.0. The number of nitrogens with zero attached hydrogens (tertiary/aromatic N) is 1. The van der Waals surface area contributed by atoms with Crippen molar-refractivity contribution in [3.8, 4) is 11.5 Å². The standard InChI is InChI=1S/C28H46N2O9/c1-8-36-21-9-10-29-24(25(21)31)27(32)30-20-14-35-15-22(37-12-18(4)5)26(38-13-19(6)7)23(39-28(20)33)16-34-11-17(2)3/h9-10,17-20,22-23,26,31H,8,11-16H2,1-7H3,(H,30,32)/t20-,22-,23+,26+/m0/s1. The topological polar surface area (TPSA) is 135 Å². The van der Waals surface area contributed by atoms with E-state index >= 15 is 0 Å². The molecule has 39 heavy (non-hydrogen) atoms. The first-order valence-corrected chi connectivity index (χ1v) is 13.7. The zero-order valence-electron chi connectivity index (χ0n) is 24.3. The van der Waals surface area contributed by atoms with E-state index in [1.54, 1.807) is 6.92 Å². The maximum Gasteiger partial charge on any atom is 0.331 e. The summed E-state index contributed by atoms with van der Waals surface area (Å²) in [5.74, 6) is -1.01. The highest BCUT2D eigenvalue weighted by atomic mass is 16.6. The Morgan fingerprint density at radius 3 is 2.38 bits per heavy atom. The van der Waals surface area contributed by atoms with Gasteiger partial charge < -0.3 is 38.8 Å². The first kappa shape index (κ1) is 32.7. The summed E-state index contributed by atoms with van der Waals surface area (Å²) in [5.41, 5.74) is -0.276. The summed E-state index contributed by atoms with van der Waals surface area (Å²) < 4.78 is 35.4. The van der Waals surface area contributed by atoms with Crippen LogP contribution in [0.5, 0.6) is 11.5 Å². The van der Waals surface area contributed by atoms with E-state index in [-0.39, 0.29) is 49.0 Å². The van der Waals surface area contributed by atoms with Crippen LogP contribution in [0.25, 0.3) is 0 Å². The fourth-order valence-corrected chi connectivity index (χ4v) is 3.73. The molecule has 2 N–H and O–H groups in total. The summed E-state index contributed by atoms with van der Waals surface area (Å²) in [6, 6.07) is 0.278. The Hall–Kier alpha value is -2.47. The van der Waals surface area contributed by atoms with Gasteiger partial charge in [0, 0.05) is 32.1 Å².